The molecule has 2 fully saturated rings. The molecule has 2 aromatic rings. The van der Waals surface area contributed by atoms with Crippen molar-refractivity contribution in [2.75, 3.05) is 0 Å². The number of halogens is 3. The number of hydrogen-bond donors (Lipinski definition) is 2. The van der Waals surface area contributed by atoms with Crippen molar-refractivity contribution in [3.8, 4) is 5.75 Å². The Morgan fingerprint density at radius 3 is 2.41 bits per heavy atom. The van der Waals surface area contributed by atoms with Crippen LogP contribution in [0.15, 0.2) is 16.9 Å². The van der Waals surface area contributed by atoms with E-state index in [-0.39, 0.29) is 42.0 Å². The van der Waals surface area contributed by atoms with E-state index in [1.807, 2.05) is 0 Å². The average Bonchev–Trinajstić information content (AvgIpc) is 3.23. The Balaban J connectivity index is 0.000000137. The van der Waals surface area contributed by atoms with Gasteiger partial charge in [-0.1, -0.05) is 23.2 Å². The van der Waals surface area contributed by atoms with Crippen LogP contribution in [-0.4, -0.2) is 27.3 Å². The first-order chi connectivity index (χ1) is 13.5. The van der Waals surface area contributed by atoms with Crippen molar-refractivity contribution < 1.29 is 14.6 Å². The fourth-order valence-electron chi connectivity index (χ4n) is 4.66. The van der Waals surface area contributed by atoms with Gasteiger partial charge in [0.25, 0.3) is 5.56 Å². The number of ether oxygens (including phenoxy) is 2. The molecule has 6 rings (SSSR count). The minimum absolute atomic E-state index is 0. The zero-order valence-electron chi connectivity index (χ0n) is 15.5. The van der Waals surface area contributed by atoms with Crippen LogP contribution in [0.4, 0.5) is 0 Å². The van der Waals surface area contributed by atoms with E-state index in [4.69, 9.17) is 32.7 Å². The lowest BCUT2D eigenvalue weighted by Gasteiger charge is -2.23. The molecule has 0 spiro atoms. The highest BCUT2D eigenvalue weighted by Gasteiger charge is 2.37. The van der Waals surface area contributed by atoms with Crippen molar-refractivity contribution in [3.05, 3.63) is 55.2 Å². The molecule has 2 aromatic heterocycles. The fourth-order valence-corrected chi connectivity index (χ4v) is 5.19. The summed E-state index contributed by atoms with van der Waals surface area (Å²) in [5, 5.41) is 10.8. The summed E-state index contributed by atoms with van der Waals surface area (Å²) in [5.74, 6) is 0.115. The second kappa shape index (κ2) is 8.08. The van der Waals surface area contributed by atoms with Crippen molar-refractivity contribution >= 4 is 35.6 Å². The molecule has 4 aliphatic rings. The van der Waals surface area contributed by atoms with Crippen LogP contribution in [0.5, 0.6) is 5.75 Å². The normalized spacial score (nSPS) is 27.9. The number of pyridine rings is 2. The maximum absolute atomic E-state index is 11.2. The number of hydrogen-bond acceptors (Lipinski definition) is 5. The maximum atomic E-state index is 11.2. The molecule has 6 nitrogen and oxygen atoms in total. The Kier molecular flexibility index (Phi) is 5.84. The third kappa shape index (κ3) is 3.89. The molecule has 0 radical (unpaired) electrons. The summed E-state index contributed by atoms with van der Waals surface area (Å²) in [4.78, 5) is 18.2. The van der Waals surface area contributed by atoms with Crippen LogP contribution in [0.25, 0.3) is 0 Å². The van der Waals surface area contributed by atoms with Gasteiger partial charge in [0.15, 0.2) is 0 Å². The summed E-state index contributed by atoms with van der Waals surface area (Å²) in [6, 6.07) is 2.95. The molecule has 0 aliphatic carbocycles. The van der Waals surface area contributed by atoms with Gasteiger partial charge in [0.2, 0.25) is 0 Å². The van der Waals surface area contributed by atoms with E-state index in [2.05, 4.69) is 9.97 Å². The molecule has 2 saturated heterocycles. The number of H-pyrrole nitrogens is 1. The fraction of sp³-hybridized carbons (Fsp3) is 0.500. The van der Waals surface area contributed by atoms with E-state index in [0.29, 0.717) is 17.7 Å². The largest absolute Gasteiger partial charge is 0.507 e. The quantitative estimate of drug-likeness (QED) is 0.569. The Labute approximate surface area is 184 Å². The number of nitrogens with one attached hydrogen (secondary N) is 1. The Morgan fingerprint density at radius 2 is 1.66 bits per heavy atom. The summed E-state index contributed by atoms with van der Waals surface area (Å²) in [7, 11) is 0. The van der Waals surface area contributed by atoms with Crippen LogP contribution in [-0.2, 0) is 22.3 Å². The summed E-state index contributed by atoms with van der Waals surface area (Å²) in [6.07, 6.45) is 6.39. The van der Waals surface area contributed by atoms with Crippen LogP contribution in [0.3, 0.4) is 0 Å². The predicted octanol–water partition coefficient (Wildman–Crippen LogP) is 4.44. The molecule has 4 aliphatic heterocycles. The number of aromatic nitrogens is 2. The minimum atomic E-state index is -0.254. The van der Waals surface area contributed by atoms with Crippen molar-refractivity contribution in [2.24, 2.45) is 0 Å². The first kappa shape index (κ1) is 20.9. The lowest BCUT2D eigenvalue weighted by Crippen LogP contribution is -2.22. The average molecular weight is 460 g/mol. The standard InChI is InChI=1S/C10H9Cl2NO.C10H11NO3.ClH/c11-7-4-9(12)13-10-6(7)3-5-1-2-8(10)14-5;12-7-4-9(13)11-10-6(7)3-5-1-2-8(10)14-5;/h4-5,8H,1-3H2;4-5,8H,1-3H2,(H2,11,12,13);1H. The SMILES string of the molecule is Cl.Clc1cc(Cl)c2c(n1)C1CCC(C2)O1.O=c1cc(O)c2c([nH]1)C1CCC(C2)O1. The van der Waals surface area contributed by atoms with Gasteiger partial charge >= 0.3 is 0 Å². The molecule has 0 amide bonds. The molecule has 0 aromatic carbocycles. The zero-order valence-corrected chi connectivity index (χ0v) is 17.8. The Hall–Kier alpha value is -1.31. The number of aromatic amines is 1. The van der Waals surface area contributed by atoms with Crippen molar-refractivity contribution in [1.29, 1.82) is 0 Å². The van der Waals surface area contributed by atoms with Crippen LogP contribution in [0.2, 0.25) is 10.2 Å². The first-order valence-electron chi connectivity index (χ1n) is 9.58. The number of nitrogens with zero attached hydrogens (tertiary/aromatic N) is 1. The van der Waals surface area contributed by atoms with E-state index in [1.54, 1.807) is 6.07 Å². The first-order valence-corrected chi connectivity index (χ1v) is 10.3. The van der Waals surface area contributed by atoms with Crippen LogP contribution in [0.1, 0.15) is 60.4 Å². The van der Waals surface area contributed by atoms with E-state index < -0.39 is 0 Å². The topological polar surface area (TPSA) is 84.4 Å². The molecule has 4 atom stereocenters. The molecule has 6 heterocycles. The lowest BCUT2D eigenvalue weighted by atomic mass is 10.0. The van der Waals surface area contributed by atoms with Gasteiger partial charge in [0.1, 0.15) is 17.0 Å². The summed E-state index contributed by atoms with van der Waals surface area (Å²) in [5.41, 5.74) is 3.48. The molecule has 2 N–H and O–H groups in total. The third-order valence-electron chi connectivity index (χ3n) is 5.94. The molecule has 0 saturated carbocycles. The highest BCUT2D eigenvalue weighted by molar-refractivity contribution is 6.34. The Morgan fingerprint density at radius 1 is 1.00 bits per heavy atom. The molecule has 156 valence electrons. The monoisotopic (exact) mass is 458 g/mol. The smallest absolute Gasteiger partial charge is 0.251 e. The molecule has 29 heavy (non-hydrogen) atoms. The van der Waals surface area contributed by atoms with Crippen LogP contribution >= 0.6 is 35.6 Å². The highest BCUT2D eigenvalue weighted by Crippen LogP contribution is 2.43. The Bertz CT molecular complexity index is 996. The van der Waals surface area contributed by atoms with Gasteiger partial charge in [0, 0.05) is 29.5 Å². The molecular formula is C20H21Cl3N2O4. The molecule has 9 heteroatoms. The highest BCUT2D eigenvalue weighted by atomic mass is 35.5. The number of fused-ring (bicyclic) bond motifs is 8. The third-order valence-corrected chi connectivity index (χ3v) is 6.47. The van der Waals surface area contributed by atoms with E-state index in [0.717, 1.165) is 59.6 Å². The van der Waals surface area contributed by atoms with E-state index in [1.165, 1.54) is 6.07 Å². The van der Waals surface area contributed by atoms with Crippen LogP contribution in [0, 0.1) is 0 Å². The zero-order chi connectivity index (χ0) is 19.4. The van der Waals surface area contributed by atoms with Crippen molar-refractivity contribution in [3.63, 3.8) is 0 Å². The van der Waals surface area contributed by atoms with Gasteiger partial charge in [0.05, 0.1) is 29.7 Å². The van der Waals surface area contributed by atoms with Gasteiger partial charge < -0.3 is 19.6 Å². The second-order valence-electron chi connectivity index (χ2n) is 7.76. The predicted molar refractivity (Wildman–Crippen MR) is 111 cm³/mol. The van der Waals surface area contributed by atoms with Crippen molar-refractivity contribution in [1.82, 2.24) is 9.97 Å². The summed E-state index contributed by atoms with van der Waals surface area (Å²) >= 11 is 12.0. The molecular weight excluding hydrogens is 439 g/mol. The molecule has 4 bridgehead atoms. The van der Waals surface area contributed by atoms with Crippen LogP contribution < -0.4 is 5.56 Å². The van der Waals surface area contributed by atoms with Gasteiger partial charge in [-0.05, 0) is 37.3 Å². The van der Waals surface area contributed by atoms with Gasteiger partial charge in [-0.3, -0.25) is 4.79 Å². The van der Waals surface area contributed by atoms with Gasteiger partial charge in [-0.25, -0.2) is 4.98 Å². The number of rotatable bonds is 0. The van der Waals surface area contributed by atoms with Gasteiger partial charge in [-0.15, -0.1) is 12.4 Å². The maximum Gasteiger partial charge on any atom is 0.251 e. The number of aromatic hydroxyl groups is 1. The summed E-state index contributed by atoms with van der Waals surface area (Å²) < 4.78 is 11.4. The molecule has 4 unspecified atom stereocenters. The van der Waals surface area contributed by atoms with Gasteiger partial charge in [-0.2, -0.15) is 0 Å². The second-order valence-corrected chi connectivity index (χ2v) is 8.55. The van der Waals surface area contributed by atoms with E-state index in [9.17, 15) is 9.90 Å². The summed E-state index contributed by atoms with van der Waals surface area (Å²) in [6.45, 7) is 0. The minimum Gasteiger partial charge on any atom is -0.507 e. The lowest BCUT2D eigenvalue weighted by molar-refractivity contribution is 0.0284. The van der Waals surface area contributed by atoms with E-state index >= 15 is 0 Å². The van der Waals surface area contributed by atoms with Crippen molar-refractivity contribution in [2.45, 2.75) is 62.9 Å².